The van der Waals surface area contributed by atoms with E-state index < -0.39 is 5.25 Å². The molecule has 2 aromatic carbocycles. The highest BCUT2D eigenvalue weighted by Gasteiger charge is 2.26. The second-order valence-corrected chi connectivity index (χ2v) is 9.64. The molecule has 0 saturated heterocycles. The molecule has 0 aliphatic rings. The number of rotatable bonds is 11. The largest absolute Gasteiger partial charge is 0.490 e. The van der Waals surface area contributed by atoms with E-state index in [9.17, 15) is 10.1 Å². The van der Waals surface area contributed by atoms with Crippen LogP contribution in [0.5, 0.6) is 11.5 Å². The number of aromatic nitrogens is 3. The van der Waals surface area contributed by atoms with Gasteiger partial charge in [0.15, 0.2) is 16.7 Å². The van der Waals surface area contributed by atoms with Gasteiger partial charge >= 0.3 is 0 Å². The molecule has 0 saturated carbocycles. The second kappa shape index (κ2) is 11.5. The maximum Gasteiger partial charge on any atom is 0.220 e. The fraction of sp³-hybridized carbons (Fsp3) is 0.333. The first-order valence-electron chi connectivity index (χ1n) is 10.7. The fourth-order valence-electron chi connectivity index (χ4n) is 3.37. The van der Waals surface area contributed by atoms with E-state index in [0.29, 0.717) is 40.2 Å². The minimum Gasteiger partial charge on any atom is -0.490 e. The lowest BCUT2D eigenvalue weighted by atomic mass is 10.1. The number of aryl methyl sites for hydroxylation is 3. The van der Waals surface area contributed by atoms with Crippen molar-refractivity contribution < 1.29 is 14.4 Å². The highest BCUT2D eigenvalue weighted by Crippen LogP contribution is 2.43. The van der Waals surface area contributed by atoms with Crippen LogP contribution >= 0.6 is 27.7 Å². The standard InChI is InChI=1S/C24H27BrN4O4S/c1-6-10-33-23-20(25)12-18(13-21(23)32-7-2)22(14-28(30)31)34-24-27-26-17(5)29(24)19-9-8-15(3)16(4)11-19/h6,8-9,11-13,22H,1,7,10,14H2,2-5H3/t22-/m1/s1. The number of hydrogen-bond acceptors (Lipinski definition) is 7. The molecule has 1 heterocycles. The molecular formula is C24H27BrN4O4S. The topological polar surface area (TPSA) is 92.3 Å². The van der Waals surface area contributed by atoms with Crippen molar-refractivity contribution in [2.24, 2.45) is 0 Å². The number of nitro groups is 1. The Morgan fingerprint density at radius 1 is 1.21 bits per heavy atom. The van der Waals surface area contributed by atoms with Crippen LogP contribution in [-0.4, -0.2) is 39.4 Å². The van der Waals surface area contributed by atoms with E-state index in [4.69, 9.17) is 9.47 Å². The minimum atomic E-state index is -0.534. The van der Waals surface area contributed by atoms with E-state index in [1.54, 1.807) is 12.1 Å². The zero-order valence-corrected chi connectivity index (χ0v) is 22.0. The van der Waals surface area contributed by atoms with Gasteiger partial charge in [-0.1, -0.05) is 30.5 Å². The molecule has 0 fully saturated rings. The van der Waals surface area contributed by atoms with Crippen LogP contribution in [-0.2, 0) is 0 Å². The maximum absolute atomic E-state index is 11.6. The minimum absolute atomic E-state index is 0.297. The molecule has 0 bridgehead atoms. The van der Waals surface area contributed by atoms with Gasteiger partial charge in [0, 0.05) is 10.6 Å². The van der Waals surface area contributed by atoms with Crippen molar-refractivity contribution in [1.29, 1.82) is 0 Å². The first-order valence-corrected chi connectivity index (χ1v) is 12.4. The van der Waals surface area contributed by atoms with Gasteiger partial charge in [0.2, 0.25) is 6.54 Å². The highest BCUT2D eigenvalue weighted by atomic mass is 79.9. The van der Waals surface area contributed by atoms with Crippen molar-refractivity contribution in [3.05, 3.63) is 80.1 Å². The molecule has 0 aliphatic heterocycles. The van der Waals surface area contributed by atoms with Gasteiger partial charge in [0.25, 0.3) is 0 Å². The number of ether oxygens (including phenoxy) is 2. The average Bonchev–Trinajstić information content (AvgIpc) is 3.14. The lowest BCUT2D eigenvalue weighted by molar-refractivity contribution is -0.479. The van der Waals surface area contributed by atoms with Crippen molar-refractivity contribution >= 4 is 27.7 Å². The summed E-state index contributed by atoms with van der Waals surface area (Å²) in [4.78, 5) is 11.3. The Bertz CT molecular complexity index is 1200. The predicted octanol–water partition coefficient (Wildman–Crippen LogP) is 6.03. The Hall–Kier alpha value is -2.85. The molecule has 10 heteroatoms. The van der Waals surface area contributed by atoms with E-state index in [1.807, 2.05) is 43.5 Å². The fourth-order valence-corrected chi connectivity index (χ4v) is 5.10. The molecule has 34 heavy (non-hydrogen) atoms. The van der Waals surface area contributed by atoms with Gasteiger partial charge in [-0.05, 0) is 84.6 Å². The normalized spacial score (nSPS) is 11.8. The molecule has 180 valence electrons. The van der Waals surface area contributed by atoms with Gasteiger partial charge < -0.3 is 9.47 Å². The summed E-state index contributed by atoms with van der Waals surface area (Å²) in [6.07, 6.45) is 1.64. The van der Waals surface area contributed by atoms with Gasteiger partial charge in [0.05, 0.1) is 11.1 Å². The van der Waals surface area contributed by atoms with Crippen LogP contribution in [0.3, 0.4) is 0 Å². The van der Waals surface area contributed by atoms with E-state index in [-0.39, 0.29) is 11.5 Å². The van der Waals surface area contributed by atoms with E-state index in [2.05, 4.69) is 45.7 Å². The molecule has 0 spiro atoms. The van der Waals surface area contributed by atoms with E-state index in [1.165, 1.54) is 17.3 Å². The van der Waals surface area contributed by atoms with Crippen LogP contribution in [0.4, 0.5) is 0 Å². The molecule has 3 rings (SSSR count). The van der Waals surface area contributed by atoms with Crippen LogP contribution in [0.1, 0.15) is 34.7 Å². The Labute approximate surface area is 211 Å². The van der Waals surface area contributed by atoms with Gasteiger partial charge in [-0.2, -0.15) is 0 Å². The molecular weight excluding hydrogens is 520 g/mol. The summed E-state index contributed by atoms with van der Waals surface area (Å²) < 4.78 is 14.1. The van der Waals surface area contributed by atoms with Gasteiger partial charge in [0.1, 0.15) is 17.7 Å². The number of hydrogen-bond donors (Lipinski definition) is 0. The summed E-state index contributed by atoms with van der Waals surface area (Å²) in [7, 11) is 0. The lowest BCUT2D eigenvalue weighted by Gasteiger charge is -2.18. The number of nitrogens with zero attached hydrogens (tertiary/aromatic N) is 4. The van der Waals surface area contributed by atoms with Crippen LogP contribution in [0.25, 0.3) is 5.69 Å². The van der Waals surface area contributed by atoms with Crippen LogP contribution in [0.2, 0.25) is 0 Å². The highest BCUT2D eigenvalue weighted by molar-refractivity contribution is 9.10. The first kappa shape index (κ1) is 25.8. The summed E-state index contributed by atoms with van der Waals surface area (Å²) in [5, 5.41) is 20.2. The van der Waals surface area contributed by atoms with Crippen LogP contribution < -0.4 is 9.47 Å². The van der Waals surface area contributed by atoms with Crippen molar-refractivity contribution in [3.8, 4) is 17.2 Å². The third-order valence-corrected chi connectivity index (χ3v) is 6.93. The third kappa shape index (κ3) is 5.98. The van der Waals surface area contributed by atoms with Crippen molar-refractivity contribution in [1.82, 2.24) is 14.8 Å². The number of benzene rings is 2. The summed E-state index contributed by atoms with van der Waals surface area (Å²) in [6.45, 7) is 11.9. The number of halogens is 1. The lowest BCUT2D eigenvalue weighted by Crippen LogP contribution is -2.12. The molecule has 1 atom stereocenters. The summed E-state index contributed by atoms with van der Waals surface area (Å²) in [6, 6.07) is 9.72. The molecule has 3 aromatic rings. The van der Waals surface area contributed by atoms with Crippen molar-refractivity contribution in [3.63, 3.8) is 0 Å². The SMILES string of the molecule is C=CCOc1c(Br)cc([C@@H](C[N+](=O)[O-])Sc2nnc(C)n2-c2ccc(C)c(C)c2)cc1OCC. The first-order chi connectivity index (χ1) is 16.2. The third-order valence-electron chi connectivity index (χ3n) is 5.16. The smallest absolute Gasteiger partial charge is 0.220 e. The molecule has 0 amide bonds. The monoisotopic (exact) mass is 546 g/mol. The Kier molecular flexibility index (Phi) is 8.73. The molecule has 1 aromatic heterocycles. The van der Waals surface area contributed by atoms with Gasteiger partial charge in [-0.15, -0.1) is 10.2 Å². The molecule has 0 aliphatic carbocycles. The zero-order valence-electron chi connectivity index (χ0n) is 19.6. The zero-order chi connectivity index (χ0) is 24.8. The summed E-state index contributed by atoms with van der Waals surface area (Å²) in [5.41, 5.74) is 3.96. The Balaban J connectivity index is 2.04. The molecule has 0 unspecified atom stereocenters. The van der Waals surface area contributed by atoms with Crippen molar-refractivity contribution in [2.45, 2.75) is 38.1 Å². The number of thioether (sulfide) groups is 1. The maximum atomic E-state index is 11.6. The van der Waals surface area contributed by atoms with Crippen LogP contribution in [0, 0.1) is 30.9 Å². The quantitative estimate of drug-likeness (QED) is 0.125. The van der Waals surface area contributed by atoms with Gasteiger partial charge in [-0.25, -0.2) is 0 Å². The van der Waals surface area contributed by atoms with Gasteiger partial charge in [-0.3, -0.25) is 14.7 Å². The Morgan fingerprint density at radius 2 is 1.97 bits per heavy atom. The average molecular weight is 547 g/mol. The Morgan fingerprint density at radius 3 is 2.62 bits per heavy atom. The predicted molar refractivity (Wildman–Crippen MR) is 137 cm³/mol. The summed E-state index contributed by atoms with van der Waals surface area (Å²) in [5.74, 6) is 1.74. The molecule has 0 N–H and O–H groups in total. The van der Waals surface area contributed by atoms with E-state index >= 15 is 0 Å². The molecule has 8 nitrogen and oxygen atoms in total. The van der Waals surface area contributed by atoms with Crippen LogP contribution in [0.15, 0.2) is 52.6 Å². The second-order valence-electron chi connectivity index (χ2n) is 7.62. The van der Waals surface area contributed by atoms with E-state index in [0.717, 1.165) is 16.8 Å². The molecule has 0 radical (unpaired) electrons. The summed E-state index contributed by atoms with van der Waals surface area (Å²) >= 11 is 4.83. The van der Waals surface area contributed by atoms with Crippen molar-refractivity contribution in [2.75, 3.05) is 19.8 Å².